The number of benzene rings is 3. The Balaban J connectivity index is 1.72. The smallest absolute Gasteiger partial charge is 0.261 e. The van der Waals surface area contributed by atoms with E-state index in [0.717, 1.165) is 16.7 Å². The Morgan fingerprint density at radius 3 is 2.20 bits per heavy atom. The maximum absolute atomic E-state index is 13.2. The van der Waals surface area contributed by atoms with Crippen molar-refractivity contribution in [3.8, 4) is 11.3 Å². The van der Waals surface area contributed by atoms with Gasteiger partial charge in [-0.05, 0) is 67.8 Å². The lowest BCUT2D eigenvalue weighted by Gasteiger charge is -2.12. The molecule has 0 bridgehead atoms. The van der Waals surface area contributed by atoms with Crippen LogP contribution in [0.1, 0.15) is 40.9 Å². The molecule has 7 heteroatoms. The second-order valence-corrected chi connectivity index (χ2v) is 10.8. The van der Waals surface area contributed by atoms with Crippen LogP contribution in [0.4, 0.5) is 5.69 Å². The number of nitrogens with one attached hydrogen (secondary N) is 2. The summed E-state index contributed by atoms with van der Waals surface area (Å²) in [6, 6.07) is 17.0. The SMILES string of the molecule is Cc1ccc(NS(=O)(=O)c2ccc3[nH]c(-c4ccc(C(=O)C(C)C)cc4)c(C)c(=O)c3c2)cc1C. The van der Waals surface area contributed by atoms with Gasteiger partial charge in [-0.25, -0.2) is 8.42 Å². The van der Waals surface area contributed by atoms with E-state index in [1.54, 1.807) is 37.3 Å². The van der Waals surface area contributed by atoms with Gasteiger partial charge in [-0.15, -0.1) is 0 Å². The van der Waals surface area contributed by atoms with Gasteiger partial charge in [-0.2, -0.15) is 0 Å². The highest BCUT2D eigenvalue weighted by Crippen LogP contribution is 2.26. The molecule has 0 aliphatic carbocycles. The lowest BCUT2D eigenvalue weighted by atomic mass is 9.98. The largest absolute Gasteiger partial charge is 0.354 e. The summed E-state index contributed by atoms with van der Waals surface area (Å²) in [5, 5.41) is 0.292. The van der Waals surface area contributed by atoms with Crippen molar-refractivity contribution in [2.75, 3.05) is 4.72 Å². The van der Waals surface area contributed by atoms with Gasteiger partial charge >= 0.3 is 0 Å². The third-order valence-corrected chi connectivity index (χ3v) is 7.64. The molecular formula is C28H28N2O4S. The molecule has 4 aromatic rings. The summed E-state index contributed by atoms with van der Waals surface area (Å²) in [6.45, 7) is 9.29. The molecule has 35 heavy (non-hydrogen) atoms. The Kier molecular flexibility index (Phi) is 6.38. The van der Waals surface area contributed by atoms with Crippen molar-refractivity contribution in [2.45, 2.75) is 39.5 Å². The van der Waals surface area contributed by atoms with Crippen molar-refractivity contribution < 1.29 is 13.2 Å². The second-order valence-electron chi connectivity index (χ2n) is 9.16. The van der Waals surface area contributed by atoms with Crippen molar-refractivity contribution in [3.05, 3.63) is 93.1 Å². The molecule has 4 rings (SSSR count). The average Bonchev–Trinajstić information content (AvgIpc) is 2.83. The number of carbonyl (C=O) groups is 1. The highest BCUT2D eigenvalue weighted by atomic mass is 32.2. The number of aromatic nitrogens is 1. The number of carbonyl (C=O) groups excluding carboxylic acids is 1. The molecule has 0 atom stereocenters. The van der Waals surface area contributed by atoms with E-state index >= 15 is 0 Å². The third-order valence-electron chi connectivity index (χ3n) is 6.26. The molecule has 1 aromatic heterocycles. The minimum Gasteiger partial charge on any atom is -0.354 e. The van der Waals surface area contributed by atoms with Crippen LogP contribution in [0, 0.1) is 26.7 Å². The molecule has 0 saturated heterocycles. The highest BCUT2D eigenvalue weighted by molar-refractivity contribution is 7.92. The number of pyridine rings is 1. The Morgan fingerprint density at radius 1 is 0.886 bits per heavy atom. The van der Waals surface area contributed by atoms with Crippen molar-refractivity contribution >= 4 is 32.4 Å². The van der Waals surface area contributed by atoms with Crippen LogP contribution in [-0.4, -0.2) is 19.2 Å². The Hall–Kier alpha value is -3.71. The zero-order valence-electron chi connectivity index (χ0n) is 20.4. The minimum atomic E-state index is -3.88. The number of aryl methyl sites for hydroxylation is 2. The topological polar surface area (TPSA) is 96.1 Å². The van der Waals surface area contributed by atoms with Crippen molar-refractivity contribution in [1.29, 1.82) is 0 Å². The molecule has 2 N–H and O–H groups in total. The predicted octanol–water partition coefficient (Wildman–Crippen LogP) is 5.76. The first kappa shape index (κ1) is 24.4. The first-order valence-corrected chi connectivity index (χ1v) is 12.9. The third kappa shape index (κ3) is 4.77. The number of aromatic amines is 1. The highest BCUT2D eigenvalue weighted by Gasteiger charge is 2.18. The number of sulfonamides is 1. The van der Waals surface area contributed by atoms with Crippen molar-refractivity contribution in [1.82, 2.24) is 4.98 Å². The summed E-state index contributed by atoms with van der Waals surface area (Å²) >= 11 is 0. The molecule has 0 spiro atoms. The van der Waals surface area contributed by atoms with E-state index in [4.69, 9.17) is 0 Å². The standard InChI is InChI=1S/C28H28N2O4S/c1-16(2)27(31)21-9-7-20(8-10-21)26-19(5)28(32)24-15-23(12-13-25(24)29-26)35(33,34)30-22-11-6-17(3)18(4)14-22/h6-16,30H,1-5H3,(H,29,32). The van der Waals surface area contributed by atoms with Crippen LogP contribution in [-0.2, 0) is 10.0 Å². The van der Waals surface area contributed by atoms with Gasteiger partial charge in [0.25, 0.3) is 10.0 Å². The molecule has 0 unspecified atom stereocenters. The monoisotopic (exact) mass is 488 g/mol. The van der Waals surface area contributed by atoms with Crippen LogP contribution >= 0.6 is 0 Å². The lowest BCUT2D eigenvalue weighted by molar-refractivity contribution is 0.0939. The fraction of sp³-hybridized carbons (Fsp3) is 0.214. The maximum Gasteiger partial charge on any atom is 0.261 e. The van der Waals surface area contributed by atoms with E-state index in [9.17, 15) is 18.0 Å². The average molecular weight is 489 g/mol. The van der Waals surface area contributed by atoms with Gasteiger partial charge in [0.2, 0.25) is 0 Å². The van der Waals surface area contributed by atoms with Gasteiger partial charge in [0.15, 0.2) is 11.2 Å². The number of anilines is 1. The number of fused-ring (bicyclic) bond motifs is 1. The molecule has 180 valence electrons. The lowest BCUT2D eigenvalue weighted by Crippen LogP contribution is -2.15. The molecule has 0 aliphatic heterocycles. The van der Waals surface area contributed by atoms with Crippen molar-refractivity contribution in [3.63, 3.8) is 0 Å². The summed E-state index contributed by atoms with van der Waals surface area (Å²) in [7, 11) is -3.88. The molecule has 0 fully saturated rings. The number of hydrogen-bond donors (Lipinski definition) is 2. The summed E-state index contributed by atoms with van der Waals surface area (Å²) in [5.41, 5.74) is 5.29. The van der Waals surface area contributed by atoms with Crippen LogP contribution in [0.15, 0.2) is 70.4 Å². The van der Waals surface area contributed by atoms with Crippen LogP contribution in [0.3, 0.4) is 0 Å². The fourth-order valence-electron chi connectivity index (χ4n) is 3.97. The number of hydrogen-bond acceptors (Lipinski definition) is 4. The Morgan fingerprint density at radius 2 is 1.57 bits per heavy atom. The summed E-state index contributed by atoms with van der Waals surface area (Å²) in [4.78, 5) is 28.7. The number of H-pyrrole nitrogens is 1. The molecule has 1 heterocycles. The van der Waals surface area contributed by atoms with Crippen LogP contribution in [0.2, 0.25) is 0 Å². The van der Waals surface area contributed by atoms with Crippen LogP contribution in [0.5, 0.6) is 0 Å². The van der Waals surface area contributed by atoms with E-state index in [0.29, 0.717) is 33.4 Å². The predicted molar refractivity (Wildman–Crippen MR) is 141 cm³/mol. The number of rotatable bonds is 6. The van der Waals surface area contributed by atoms with E-state index in [-0.39, 0.29) is 22.0 Å². The van der Waals surface area contributed by atoms with E-state index in [1.807, 2.05) is 45.9 Å². The van der Waals surface area contributed by atoms with Crippen LogP contribution in [0.25, 0.3) is 22.2 Å². The summed E-state index contributed by atoms with van der Waals surface area (Å²) in [5.74, 6) is -0.0403. The van der Waals surface area contributed by atoms with Gasteiger partial charge in [0, 0.05) is 33.6 Å². The Bertz CT molecular complexity index is 1620. The zero-order valence-corrected chi connectivity index (χ0v) is 21.2. The molecule has 0 saturated carbocycles. The minimum absolute atomic E-state index is 0.0115. The summed E-state index contributed by atoms with van der Waals surface area (Å²) in [6.07, 6.45) is 0. The van der Waals surface area contributed by atoms with E-state index in [1.165, 1.54) is 12.1 Å². The molecule has 3 aromatic carbocycles. The molecular weight excluding hydrogens is 460 g/mol. The van der Waals surface area contributed by atoms with Gasteiger partial charge < -0.3 is 4.98 Å². The van der Waals surface area contributed by atoms with E-state index < -0.39 is 10.0 Å². The maximum atomic E-state index is 13.2. The molecule has 6 nitrogen and oxygen atoms in total. The first-order valence-electron chi connectivity index (χ1n) is 11.4. The van der Waals surface area contributed by atoms with Crippen molar-refractivity contribution in [2.24, 2.45) is 5.92 Å². The fourth-order valence-corrected chi connectivity index (χ4v) is 5.05. The second kappa shape index (κ2) is 9.15. The normalized spacial score (nSPS) is 11.7. The first-order chi connectivity index (χ1) is 16.5. The zero-order chi connectivity index (χ0) is 25.5. The van der Waals surface area contributed by atoms with Gasteiger partial charge in [-0.1, -0.05) is 44.2 Å². The molecule has 0 amide bonds. The van der Waals surface area contributed by atoms with E-state index in [2.05, 4.69) is 9.71 Å². The summed E-state index contributed by atoms with van der Waals surface area (Å²) < 4.78 is 28.6. The van der Waals surface area contributed by atoms with Gasteiger partial charge in [0.1, 0.15) is 0 Å². The van der Waals surface area contributed by atoms with Gasteiger partial charge in [-0.3, -0.25) is 14.3 Å². The molecule has 0 aliphatic rings. The van der Waals surface area contributed by atoms with Crippen LogP contribution < -0.4 is 10.2 Å². The Labute approximate surface area is 205 Å². The van der Waals surface area contributed by atoms with Gasteiger partial charge in [0.05, 0.1) is 10.6 Å². The number of Topliss-reactive ketones (excluding diaryl/α,β-unsaturated/α-hetero) is 1. The molecule has 0 radical (unpaired) electrons. The number of ketones is 1. The quantitative estimate of drug-likeness (QED) is 0.337.